The normalized spacial score (nSPS) is 48.7. The van der Waals surface area contributed by atoms with Gasteiger partial charge in [-0.15, -0.1) is 0 Å². The van der Waals surface area contributed by atoms with Gasteiger partial charge in [0.25, 0.3) is 0 Å². The van der Waals surface area contributed by atoms with Gasteiger partial charge in [-0.3, -0.25) is 0 Å². The Balaban J connectivity index is 1.92. The van der Waals surface area contributed by atoms with Crippen molar-refractivity contribution in [2.24, 2.45) is 5.92 Å². The van der Waals surface area contributed by atoms with Gasteiger partial charge in [0.05, 0.1) is 17.6 Å². The molecule has 4 nitrogen and oxygen atoms in total. The quantitative estimate of drug-likeness (QED) is 0.313. The standard InChI is InChI=1S/C15H20O4/c1-8-5-4-6-15(3)13(19-15)12(16)11-9(2)14(17)18-10(11)7-8/h5,10-13,16H,2,4,6-7H2,1,3H3/b8-5+/t10-,11+,12-,13+,15+/m0/s1. The lowest BCUT2D eigenvalue weighted by atomic mass is 9.82. The van der Waals surface area contributed by atoms with Gasteiger partial charge in [-0.25, -0.2) is 4.79 Å². The van der Waals surface area contributed by atoms with Crippen molar-refractivity contribution in [2.75, 3.05) is 0 Å². The zero-order valence-electron chi connectivity index (χ0n) is 11.4. The number of carbonyl (C=O) groups excluding carboxylic acids is 1. The maximum absolute atomic E-state index is 11.7. The average molecular weight is 264 g/mol. The summed E-state index contributed by atoms with van der Waals surface area (Å²) in [5.41, 5.74) is 1.29. The molecule has 2 saturated heterocycles. The predicted octanol–water partition coefficient (Wildman–Crippen LogP) is 1.73. The first-order valence-electron chi connectivity index (χ1n) is 6.84. The van der Waals surface area contributed by atoms with Crippen LogP contribution < -0.4 is 0 Å². The summed E-state index contributed by atoms with van der Waals surface area (Å²) in [6.07, 6.45) is 3.43. The van der Waals surface area contributed by atoms with Crippen molar-refractivity contribution in [3.8, 4) is 0 Å². The van der Waals surface area contributed by atoms with E-state index in [-0.39, 0.29) is 29.7 Å². The summed E-state index contributed by atoms with van der Waals surface area (Å²) in [6, 6.07) is 0. The molecule has 1 N–H and O–H groups in total. The Labute approximate surface area is 113 Å². The molecule has 2 aliphatic heterocycles. The van der Waals surface area contributed by atoms with Crippen molar-refractivity contribution in [3.63, 3.8) is 0 Å². The minimum Gasteiger partial charge on any atom is -0.458 e. The van der Waals surface area contributed by atoms with Crippen molar-refractivity contribution in [1.29, 1.82) is 0 Å². The molecule has 0 amide bonds. The highest BCUT2D eigenvalue weighted by Crippen LogP contribution is 2.48. The Bertz CT molecular complexity index is 467. The first kappa shape index (κ1) is 12.9. The van der Waals surface area contributed by atoms with Crippen molar-refractivity contribution in [1.82, 2.24) is 0 Å². The Kier molecular flexibility index (Phi) is 2.84. The van der Waals surface area contributed by atoms with Crippen molar-refractivity contribution < 1.29 is 19.4 Å². The second-order valence-electron chi connectivity index (χ2n) is 6.13. The molecule has 0 radical (unpaired) electrons. The lowest BCUT2D eigenvalue weighted by Gasteiger charge is -2.24. The molecule has 0 aromatic heterocycles. The van der Waals surface area contributed by atoms with Crippen molar-refractivity contribution in [3.05, 3.63) is 23.8 Å². The van der Waals surface area contributed by atoms with E-state index in [0.717, 1.165) is 12.8 Å². The van der Waals surface area contributed by atoms with Gasteiger partial charge in [-0.1, -0.05) is 18.2 Å². The predicted molar refractivity (Wildman–Crippen MR) is 69.4 cm³/mol. The summed E-state index contributed by atoms with van der Waals surface area (Å²) >= 11 is 0. The molecule has 19 heavy (non-hydrogen) atoms. The number of hydrogen-bond donors (Lipinski definition) is 1. The highest BCUT2D eigenvalue weighted by atomic mass is 16.6. The van der Waals surface area contributed by atoms with Gasteiger partial charge in [0.2, 0.25) is 0 Å². The van der Waals surface area contributed by atoms with Crippen molar-refractivity contribution >= 4 is 5.97 Å². The number of ether oxygens (including phenoxy) is 2. The van der Waals surface area contributed by atoms with Crippen LogP contribution in [0.25, 0.3) is 0 Å². The minimum atomic E-state index is -0.708. The van der Waals surface area contributed by atoms with Crippen LogP contribution in [-0.4, -0.2) is 35.0 Å². The zero-order valence-corrected chi connectivity index (χ0v) is 11.4. The van der Waals surface area contributed by atoms with E-state index in [0.29, 0.717) is 12.0 Å². The third-order valence-electron chi connectivity index (χ3n) is 4.60. The van der Waals surface area contributed by atoms with Crippen LogP contribution in [0.5, 0.6) is 0 Å². The van der Waals surface area contributed by atoms with E-state index in [2.05, 4.69) is 12.7 Å². The maximum atomic E-state index is 11.7. The van der Waals surface area contributed by atoms with Crippen LogP contribution >= 0.6 is 0 Å². The van der Waals surface area contributed by atoms with E-state index in [1.54, 1.807) is 0 Å². The molecule has 0 bridgehead atoms. The molecule has 0 spiro atoms. The largest absolute Gasteiger partial charge is 0.458 e. The zero-order chi connectivity index (χ0) is 13.8. The molecule has 0 aromatic carbocycles. The maximum Gasteiger partial charge on any atom is 0.334 e. The summed E-state index contributed by atoms with van der Waals surface area (Å²) in [5.74, 6) is -0.732. The highest BCUT2D eigenvalue weighted by Gasteiger charge is 2.60. The summed E-state index contributed by atoms with van der Waals surface area (Å²) in [4.78, 5) is 11.7. The first-order chi connectivity index (χ1) is 8.92. The lowest BCUT2D eigenvalue weighted by molar-refractivity contribution is -0.139. The molecule has 2 fully saturated rings. The Hall–Kier alpha value is -1.13. The molecule has 5 atom stereocenters. The van der Waals surface area contributed by atoms with Gasteiger partial charge < -0.3 is 14.6 Å². The Morgan fingerprint density at radius 1 is 1.53 bits per heavy atom. The third-order valence-corrected chi connectivity index (χ3v) is 4.60. The molecule has 3 aliphatic rings. The topological polar surface area (TPSA) is 59.1 Å². The fourth-order valence-electron chi connectivity index (χ4n) is 3.32. The van der Waals surface area contributed by atoms with Gasteiger partial charge >= 0.3 is 5.97 Å². The second-order valence-corrected chi connectivity index (χ2v) is 6.13. The number of aliphatic hydroxyl groups excluding tert-OH is 1. The summed E-state index contributed by atoms with van der Waals surface area (Å²) in [6.45, 7) is 7.84. The number of esters is 1. The van der Waals surface area contributed by atoms with Crippen LogP contribution in [0, 0.1) is 5.92 Å². The van der Waals surface area contributed by atoms with E-state index in [1.807, 2.05) is 13.8 Å². The van der Waals surface area contributed by atoms with E-state index in [4.69, 9.17) is 9.47 Å². The summed E-state index contributed by atoms with van der Waals surface area (Å²) in [7, 11) is 0. The first-order valence-corrected chi connectivity index (χ1v) is 6.84. The van der Waals surface area contributed by atoms with Crippen LogP contribution in [-0.2, 0) is 14.3 Å². The number of fused-ring (bicyclic) bond motifs is 2. The molecule has 3 rings (SSSR count). The monoisotopic (exact) mass is 264 g/mol. The summed E-state index contributed by atoms with van der Waals surface area (Å²) in [5, 5.41) is 10.5. The van der Waals surface area contributed by atoms with Gasteiger partial charge in [0.15, 0.2) is 0 Å². The average Bonchev–Trinajstić information content (AvgIpc) is 2.92. The summed E-state index contributed by atoms with van der Waals surface area (Å²) < 4.78 is 11.0. The molecule has 2 heterocycles. The second kappa shape index (κ2) is 4.18. The highest BCUT2D eigenvalue weighted by molar-refractivity contribution is 5.91. The smallest absolute Gasteiger partial charge is 0.334 e. The van der Waals surface area contributed by atoms with Gasteiger partial charge in [-0.05, 0) is 26.7 Å². The van der Waals surface area contributed by atoms with Crippen LogP contribution in [0.4, 0.5) is 0 Å². The molecule has 0 aromatic rings. The molecular weight excluding hydrogens is 244 g/mol. The molecule has 104 valence electrons. The number of carbonyl (C=O) groups is 1. The molecule has 1 aliphatic carbocycles. The lowest BCUT2D eigenvalue weighted by Crippen LogP contribution is -2.36. The van der Waals surface area contributed by atoms with Gasteiger partial charge in [0, 0.05) is 12.0 Å². The van der Waals surface area contributed by atoms with E-state index in [9.17, 15) is 9.90 Å². The molecule has 0 unspecified atom stereocenters. The minimum absolute atomic E-state index is 0.210. The third kappa shape index (κ3) is 2.03. The molecule has 0 saturated carbocycles. The molecule has 4 heteroatoms. The van der Waals surface area contributed by atoms with Gasteiger partial charge in [0.1, 0.15) is 12.2 Å². The number of aliphatic hydroxyl groups is 1. The number of allylic oxidation sites excluding steroid dienone is 1. The van der Waals surface area contributed by atoms with Crippen LogP contribution in [0.2, 0.25) is 0 Å². The van der Waals surface area contributed by atoms with E-state index >= 15 is 0 Å². The fourth-order valence-corrected chi connectivity index (χ4v) is 3.32. The SMILES string of the molecule is C=C1C(=O)O[C@H]2C/C(C)=C/CC[C@@]3(C)O[C@@H]3[C@@H](O)[C@H]12. The fraction of sp³-hybridized carbons (Fsp3) is 0.667. The molecular formula is C15H20O4. The number of rotatable bonds is 0. The number of epoxide rings is 1. The van der Waals surface area contributed by atoms with Gasteiger partial charge in [-0.2, -0.15) is 0 Å². The van der Waals surface area contributed by atoms with E-state index < -0.39 is 6.10 Å². The van der Waals surface area contributed by atoms with E-state index in [1.165, 1.54) is 5.57 Å². The van der Waals surface area contributed by atoms with Crippen LogP contribution in [0.1, 0.15) is 33.1 Å². The van der Waals surface area contributed by atoms with Crippen LogP contribution in [0.3, 0.4) is 0 Å². The Morgan fingerprint density at radius 3 is 3.00 bits per heavy atom. The number of hydrogen-bond acceptors (Lipinski definition) is 4. The van der Waals surface area contributed by atoms with Crippen molar-refractivity contribution in [2.45, 2.75) is 57.0 Å². The van der Waals surface area contributed by atoms with Crippen LogP contribution in [0.15, 0.2) is 23.8 Å². The Morgan fingerprint density at radius 2 is 2.26 bits per heavy atom.